The summed E-state index contributed by atoms with van der Waals surface area (Å²) in [5.41, 5.74) is 0.349. The van der Waals surface area contributed by atoms with E-state index in [1.807, 2.05) is 0 Å². The van der Waals surface area contributed by atoms with Crippen molar-refractivity contribution < 1.29 is 19.4 Å². The third-order valence-corrected chi connectivity index (χ3v) is 2.51. The van der Waals surface area contributed by atoms with Crippen LogP contribution >= 0.6 is 0 Å². The van der Waals surface area contributed by atoms with E-state index in [4.69, 9.17) is 10.2 Å². The molecule has 3 N–H and O–H groups in total. The number of nitrogens with one attached hydrogen (secondary N) is 1. The molecular weight excluding hydrogens is 275 g/mol. The van der Waals surface area contributed by atoms with Gasteiger partial charge in [0.25, 0.3) is 5.91 Å². The van der Waals surface area contributed by atoms with Crippen LogP contribution in [0.3, 0.4) is 0 Å². The number of amides is 1. The first-order valence-corrected chi connectivity index (χ1v) is 5.96. The highest BCUT2D eigenvalue weighted by Gasteiger charge is 2.13. The second-order valence-corrected chi connectivity index (χ2v) is 4.01. The van der Waals surface area contributed by atoms with E-state index in [0.29, 0.717) is 5.56 Å². The molecule has 0 aliphatic heterocycles. The summed E-state index contributed by atoms with van der Waals surface area (Å²) in [4.78, 5) is 15.8. The van der Waals surface area contributed by atoms with E-state index in [1.165, 1.54) is 24.4 Å². The Morgan fingerprint density at radius 1 is 1.33 bits per heavy atom. The third-order valence-electron chi connectivity index (χ3n) is 2.51. The van der Waals surface area contributed by atoms with Crippen LogP contribution < -0.4 is 5.32 Å². The zero-order valence-corrected chi connectivity index (χ0v) is 10.8. The number of carbonyl (C=O) groups excluding carboxylic acids is 1. The van der Waals surface area contributed by atoms with Gasteiger partial charge in [-0.2, -0.15) is 0 Å². The normalized spacial score (nSPS) is 9.62. The zero-order chi connectivity index (χ0) is 15.2. The van der Waals surface area contributed by atoms with Crippen LogP contribution in [0.2, 0.25) is 0 Å². The van der Waals surface area contributed by atoms with E-state index >= 15 is 0 Å². The van der Waals surface area contributed by atoms with Gasteiger partial charge in [-0.25, -0.2) is 9.37 Å². The molecule has 0 bridgehead atoms. The molecule has 0 aliphatic carbocycles. The monoisotopic (exact) mass is 286 g/mol. The van der Waals surface area contributed by atoms with Crippen LogP contribution in [0.5, 0.6) is 5.75 Å². The largest absolute Gasteiger partial charge is 0.508 e. The highest BCUT2D eigenvalue weighted by atomic mass is 19.1. The van der Waals surface area contributed by atoms with Crippen molar-refractivity contribution in [1.29, 1.82) is 0 Å². The second-order valence-electron chi connectivity index (χ2n) is 4.01. The molecule has 106 valence electrons. The third kappa shape index (κ3) is 3.78. The van der Waals surface area contributed by atoms with Crippen molar-refractivity contribution in [1.82, 2.24) is 4.98 Å². The number of phenols is 1. The number of phenolic OH excluding ortho intramolecular Hbond substituents is 1. The standard InChI is InChI=1S/C15H11FN2O3/c16-13-9-11(20)3-4-12(13)15(21)18-14-8-10(2-1-7-19)5-6-17-14/h3-6,8-9,19-20H,7H2,(H,17,18,21). The van der Waals surface area contributed by atoms with Gasteiger partial charge in [0.15, 0.2) is 0 Å². The molecule has 1 aromatic heterocycles. The number of halogens is 1. The number of hydrogen-bond donors (Lipinski definition) is 3. The summed E-state index contributed by atoms with van der Waals surface area (Å²) in [6.07, 6.45) is 1.43. The number of carbonyl (C=O) groups is 1. The molecule has 6 heteroatoms. The van der Waals surface area contributed by atoms with Crippen molar-refractivity contribution in [2.45, 2.75) is 0 Å². The van der Waals surface area contributed by atoms with Gasteiger partial charge in [-0.15, -0.1) is 0 Å². The summed E-state index contributed by atoms with van der Waals surface area (Å²) in [6, 6.07) is 6.35. The minimum Gasteiger partial charge on any atom is -0.508 e. The number of aromatic hydroxyl groups is 1. The average Bonchev–Trinajstić information content (AvgIpc) is 2.45. The summed E-state index contributed by atoms with van der Waals surface area (Å²) < 4.78 is 13.6. The summed E-state index contributed by atoms with van der Waals surface area (Å²) in [6.45, 7) is -0.275. The fourth-order valence-electron chi connectivity index (χ4n) is 1.59. The predicted molar refractivity (Wildman–Crippen MR) is 74.2 cm³/mol. The topological polar surface area (TPSA) is 82.5 Å². The average molecular weight is 286 g/mol. The number of benzene rings is 1. The second kappa shape index (κ2) is 6.50. The number of anilines is 1. The van der Waals surface area contributed by atoms with Crippen LogP contribution in [-0.2, 0) is 0 Å². The molecule has 2 rings (SSSR count). The van der Waals surface area contributed by atoms with Gasteiger partial charge in [-0.05, 0) is 24.3 Å². The Hall–Kier alpha value is -2.91. The molecule has 1 amide bonds. The van der Waals surface area contributed by atoms with Gasteiger partial charge < -0.3 is 15.5 Å². The minimum absolute atomic E-state index is 0.206. The quantitative estimate of drug-likeness (QED) is 0.731. The van der Waals surface area contributed by atoms with Crippen molar-refractivity contribution in [3.8, 4) is 17.6 Å². The Kier molecular flexibility index (Phi) is 4.49. The molecule has 0 saturated carbocycles. The van der Waals surface area contributed by atoms with Crippen LogP contribution in [0.15, 0.2) is 36.5 Å². The van der Waals surface area contributed by atoms with Crippen molar-refractivity contribution in [2.75, 3.05) is 11.9 Å². The van der Waals surface area contributed by atoms with Crippen molar-refractivity contribution in [2.24, 2.45) is 0 Å². The van der Waals surface area contributed by atoms with Crippen molar-refractivity contribution in [3.63, 3.8) is 0 Å². The molecule has 21 heavy (non-hydrogen) atoms. The first-order valence-electron chi connectivity index (χ1n) is 5.96. The lowest BCUT2D eigenvalue weighted by atomic mass is 10.2. The number of pyridine rings is 1. The SMILES string of the molecule is O=C(Nc1cc(C#CCO)ccn1)c1ccc(O)cc1F. The maximum Gasteiger partial charge on any atom is 0.259 e. The van der Waals surface area contributed by atoms with E-state index in [9.17, 15) is 9.18 Å². The molecule has 5 nitrogen and oxygen atoms in total. The fourth-order valence-corrected chi connectivity index (χ4v) is 1.59. The van der Waals surface area contributed by atoms with E-state index in [-0.39, 0.29) is 23.7 Å². The van der Waals surface area contributed by atoms with Crippen molar-refractivity contribution >= 4 is 11.7 Å². The van der Waals surface area contributed by atoms with Gasteiger partial charge in [-0.3, -0.25) is 4.79 Å². The van der Waals surface area contributed by atoms with E-state index in [1.54, 1.807) is 6.07 Å². The molecular formula is C15H11FN2O3. The first kappa shape index (κ1) is 14.5. The Bertz CT molecular complexity index is 735. The number of aliphatic hydroxyl groups excluding tert-OH is 1. The lowest BCUT2D eigenvalue weighted by Gasteiger charge is -2.06. The summed E-state index contributed by atoms with van der Waals surface area (Å²) in [7, 11) is 0. The first-order chi connectivity index (χ1) is 10.1. The maximum absolute atomic E-state index is 13.6. The fraction of sp³-hybridized carbons (Fsp3) is 0.0667. The molecule has 0 saturated heterocycles. The Morgan fingerprint density at radius 2 is 2.14 bits per heavy atom. The van der Waals surface area contributed by atoms with Crippen LogP contribution in [0.1, 0.15) is 15.9 Å². The zero-order valence-electron chi connectivity index (χ0n) is 10.8. The number of aromatic nitrogens is 1. The molecule has 2 aromatic rings. The van der Waals surface area contributed by atoms with Crippen molar-refractivity contribution in [3.05, 3.63) is 53.5 Å². The minimum atomic E-state index is -0.830. The van der Waals surface area contributed by atoms with E-state index < -0.39 is 11.7 Å². The van der Waals surface area contributed by atoms with Gasteiger partial charge in [0, 0.05) is 17.8 Å². The Morgan fingerprint density at radius 3 is 2.86 bits per heavy atom. The Balaban J connectivity index is 2.19. The molecule has 0 spiro atoms. The van der Waals surface area contributed by atoms with E-state index in [0.717, 1.165) is 6.07 Å². The smallest absolute Gasteiger partial charge is 0.259 e. The molecule has 0 fully saturated rings. The summed E-state index contributed by atoms with van der Waals surface area (Å²) >= 11 is 0. The van der Waals surface area contributed by atoms with Gasteiger partial charge in [-0.1, -0.05) is 11.8 Å². The van der Waals surface area contributed by atoms with Gasteiger partial charge >= 0.3 is 0 Å². The highest BCUT2D eigenvalue weighted by Crippen LogP contribution is 2.16. The van der Waals surface area contributed by atoms with Crippen LogP contribution in [0, 0.1) is 17.7 Å². The van der Waals surface area contributed by atoms with Crippen LogP contribution in [-0.4, -0.2) is 27.7 Å². The molecule has 1 heterocycles. The van der Waals surface area contributed by atoms with E-state index in [2.05, 4.69) is 22.1 Å². The lowest BCUT2D eigenvalue weighted by molar-refractivity contribution is 0.102. The molecule has 0 atom stereocenters. The Labute approximate surface area is 120 Å². The van der Waals surface area contributed by atoms with Gasteiger partial charge in [0.05, 0.1) is 5.56 Å². The number of nitrogens with zero attached hydrogens (tertiary/aromatic N) is 1. The highest BCUT2D eigenvalue weighted by molar-refractivity contribution is 6.04. The van der Waals surface area contributed by atoms with Gasteiger partial charge in [0.1, 0.15) is 24.0 Å². The van der Waals surface area contributed by atoms with Gasteiger partial charge in [0.2, 0.25) is 0 Å². The number of aliphatic hydroxyl groups is 1. The molecule has 0 radical (unpaired) electrons. The maximum atomic E-state index is 13.6. The predicted octanol–water partition coefficient (Wildman–Crippen LogP) is 1.52. The molecule has 0 aliphatic rings. The molecule has 0 unspecified atom stereocenters. The number of hydrogen-bond acceptors (Lipinski definition) is 4. The summed E-state index contributed by atoms with van der Waals surface area (Å²) in [5.74, 6) is 3.57. The van der Waals surface area contributed by atoms with Crippen LogP contribution in [0.4, 0.5) is 10.2 Å². The molecule has 1 aromatic carbocycles. The summed E-state index contributed by atoms with van der Waals surface area (Å²) in [5, 5.41) is 20.2. The lowest BCUT2D eigenvalue weighted by Crippen LogP contribution is -2.14. The number of rotatable bonds is 2. The van der Waals surface area contributed by atoms with Crippen LogP contribution in [0.25, 0.3) is 0 Å².